The molecule has 0 N–H and O–H groups in total. The van der Waals surface area contributed by atoms with Gasteiger partial charge in [0.05, 0.1) is 32.2 Å². The Kier molecular flexibility index (Phi) is 5.29. The van der Waals surface area contributed by atoms with Crippen molar-refractivity contribution in [2.45, 2.75) is 25.9 Å². The maximum atomic E-state index is 6.10. The molecule has 3 heteroatoms. The zero-order chi connectivity index (χ0) is 17.2. The summed E-state index contributed by atoms with van der Waals surface area (Å²) in [6.07, 6.45) is 0. The van der Waals surface area contributed by atoms with Crippen LogP contribution in [0.3, 0.4) is 0 Å². The van der Waals surface area contributed by atoms with E-state index in [-0.39, 0.29) is 0 Å². The molecule has 24 heavy (non-hydrogen) atoms. The van der Waals surface area contributed by atoms with Gasteiger partial charge in [0.2, 0.25) is 0 Å². The lowest BCUT2D eigenvalue weighted by Gasteiger charge is -2.47. The Balaban J connectivity index is 1.88. The van der Waals surface area contributed by atoms with E-state index in [1.807, 2.05) is 12.1 Å². The number of nitrogens with zero attached hydrogens (tertiary/aromatic N) is 2. The Morgan fingerprint density at radius 2 is 1.42 bits per heavy atom. The van der Waals surface area contributed by atoms with Crippen LogP contribution < -0.4 is 0 Å². The second-order valence-corrected chi connectivity index (χ2v) is 7.86. The minimum absolute atomic E-state index is 0.310. The van der Waals surface area contributed by atoms with E-state index < -0.39 is 0 Å². The number of quaternary nitrogens is 1. The molecule has 1 unspecified atom stereocenters. The van der Waals surface area contributed by atoms with Crippen LogP contribution in [0.1, 0.15) is 31.0 Å². The van der Waals surface area contributed by atoms with Crippen molar-refractivity contribution >= 4 is 11.6 Å². The monoisotopic (exact) mass is 343 g/mol. The second kappa shape index (κ2) is 7.26. The third-order valence-corrected chi connectivity index (χ3v) is 5.96. The molecule has 1 heterocycles. The van der Waals surface area contributed by atoms with Gasteiger partial charge in [-0.2, -0.15) is 0 Å². The topological polar surface area (TPSA) is 3.24 Å². The second-order valence-electron chi connectivity index (χ2n) is 7.42. The van der Waals surface area contributed by atoms with E-state index in [9.17, 15) is 0 Å². The van der Waals surface area contributed by atoms with E-state index in [0.29, 0.717) is 12.1 Å². The molecule has 0 aliphatic carbocycles. The van der Waals surface area contributed by atoms with Crippen LogP contribution in [0.15, 0.2) is 54.6 Å². The molecule has 0 spiro atoms. The number of halogens is 1. The minimum atomic E-state index is 0.310. The SMILES string of the molecule is CC(C)[N+]1(C)CCN(C(c2ccccc2)c2ccc(Cl)cc2)CC1. The lowest BCUT2D eigenvalue weighted by molar-refractivity contribution is -0.933. The highest BCUT2D eigenvalue weighted by atomic mass is 35.5. The van der Waals surface area contributed by atoms with Gasteiger partial charge in [-0.15, -0.1) is 0 Å². The van der Waals surface area contributed by atoms with Crippen LogP contribution in [0.25, 0.3) is 0 Å². The normalized spacial score (nSPS) is 19.4. The first kappa shape index (κ1) is 17.5. The molecule has 0 radical (unpaired) electrons. The number of hydrogen-bond donors (Lipinski definition) is 0. The lowest BCUT2D eigenvalue weighted by Crippen LogP contribution is -2.60. The van der Waals surface area contributed by atoms with Crippen LogP contribution in [0.2, 0.25) is 5.02 Å². The zero-order valence-corrected chi connectivity index (χ0v) is 15.7. The summed E-state index contributed by atoms with van der Waals surface area (Å²) < 4.78 is 1.17. The van der Waals surface area contributed by atoms with Crippen LogP contribution in [-0.2, 0) is 0 Å². The van der Waals surface area contributed by atoms with Gasteiger partial charge < -0.3 is 4.48 Å². The van der Waals surface area contributed by atoms with Crippen LogP contribution in [0.4, 0.5) is 0 Å². The first-order chi connectivity index (χ1) is 11.5. The quantitative estimate of drug-likeness (QED) is 0.733. The average molecular weight is 344 g/mol. The van der Waals surface area contributed by atoms with Gasteiger partial charge in [0.25, 0.3) is 0 Å². The minimum Gasteiger partial charge on any atom is -0.322 e. The van der Waals surface area contributed by atoms with E-state index in [0.717, 1.165) is 18.1 Å². The molecule has 128 valence electrons. The summed E-state index contributed by atoms with van der Waals surface area (Å²) in [6, 6.07) is 20.2. The number of benzene rings is 2. The molecule has 0 bridgehead atoms. The van der Waals surface area contributed by atoms with Gasteiger partial charge in [-0.05, 0) is 37.1 Å². The van der Waals surface area contributed by atoms with E-state index in [2.05, 4.69) is 68.3 Å². The van der Waals surface area contributed by atoms with Gasteiger partial charge in [-0.3, -0.25) is 4.90 Å². The maximum Gasteiger partial charge on any atom is 0.0916 e. The molecule has 0 saturated carbocycles. The fourth-order valence-electron chi connectivity index (χ4n) is 3.61. The van der Waals surface area contributed by atoms with E-state index >= 15 is 0 Å². The van der Waals surface area contributed by atoms with Gasteiger partial charge in [-0.1, -0.05) is 54.1 Å². The molecule has 1 fully saturated rings. The Morgan fingerprint density at radius 3 is 1.96 bits per heavy atom. The molecule has 1 aliphatic heterocycles. The van der Waals surface area contributed by atoms with Crippen LogP contribution in [0.5, 0.6) is 0 Å². The predicted octanol–water partition coefficient (Wildman–Crippen LogP) is 4.60. The first-order valence-electron chi connectivity index (χ1n) is 8.88. The fraction of sp³-hybridized carbons (Fsp3) is 0.429. The Morgan fingerprint density at radius 1 is 0.875 bits per heavy atom. The predicted molar refractivity (Wildman–Crippen MR) is 102 cm³/mol. The molecular formula is C21H28ClN2+. The number of hydrogen-bond acceptors (Lipinski definition) is 1. The maximum absolute atomic E-state index is 6.10. The van der Waals surface area contributed by atoms with Gasteiger partial charge in [0.15, 0.2) is 0 Å². The largest absolute Gasteiger partial charge is 0.322 e. The van der Waals surface area contributed by atoms with Crippen molar-refractivity contribution in [3.63, 3.8) is 0 Å². The van der Waals surface area contributed by atoms with Crippen LogP contribution in [-0.4, -0.2) is 48.7 Å². The van der Waals surface area contributed by atoms with Crippen molar-refractivity contribution in [1.29, 1.82) is 0 Å². The molecular weight excluding hydrogens is 316 g/mol. The van der Waals surface area contributed by atoms with Crippen molar-refractivity contribution < 1.29 is 4.48 Å². The van der Waals surface area contributed by atoms with E-state index in [1.165, 1.54) is 28.7 Å². The summed E-state index contributed by atoms with van der Waals surface area (Å²) in [5.74, 6) is 0. The third kappa shape index (κ3) is 3.66. The Labute approximate surface area is 151 Å². The molecule has 2 nitrogen and oxygen atoms in total. The van der Waals surface area contributed by atoms with Gasteiger partial charge in [-0.25, -0.2) is 0 Å². The molecule has 0 amide bonds. The standard InChI is InChI=1S/C21H28ClN2/c1-17(2)24(3)15-13-23(14-16-24)21(18-7-5-4-6-8-18)19-9-11-20(22)12-10-19/h4-12,17,21H,13-16H2,1-3H3/q+1. The highest BCUT2D eigenvalue weighted by molar-refractivity contribution is 6.30. The van der Waals surface area contributed by atoms with Gasteiger partial charge in [0.1, 0.15) is 0 Å². The van der Waals surface area contributed by atoms with Crippen LogP contribution in [0, 0.1) is 0 Å². The molecule has 3 rings (SSSR count). The lowest BCUT2D eigenvalue weighted by atomic mass is 9.96. The summed E-state index contributed by atoms with van der Waals surface area (Å²) >= 11 is 6.10. The molecule has 2 aromatic rings. The third-order valence-electron chi connectivity index (χ3n) is 5.71. The molecule has 1 atom stereocenters. The van der Waals surface area contributed by atoms with E-state index in [1.54, 1.807) is 0 Å². The molecule has 1 aliphatic rings. The van der Waals surface area contributed by atoms with Crippen molar-refractivity contribution in [2.24, 2.45) is 0 Å². The number of likely N-dealkylation sites (N-methyl/N-ethyl adjacent to an activating group) is 1. The fourth-order valence-corrected chi connectivity index (χ4v) is 3.73. The van der Waals surface area contributed by atoms with Gasteiger partial charge >= 0.3 is 0 Å². The molecule has 0 aromatic heterocycles. The number of rotatable bonds is 4. The van der Waals surface area contributed by atoms with Crippen molar-refractivity contribution in [2.75, 3.05) is 33.2 Å². The van der Waals surface area contributed by atoms with Crippen molar-refractivity contribution in [1.82, 2.24) is 4.90 Å². The first-order valence-corrected chi connectivity index (χ1v) is 9.26. The number of piperazine rings is 1. The Hall–Kier alpha value is -1.35. The summed E-state index contributed by atoms with van der Waals surface area (Å²) in [4.78, 5) is 2.63. The summed E-state index contributed by atoms with van der Waals surface area (Å²) in [5.41, 5.74) is 2.69. The highest BCUT2D eigenvalue weighted by Gasteiger charge is 2.34. The highest BCUT2D eigenvalue weighted by Crippen LogP contribution is 2.31. The average Bonchev–Trinajstić information content (AvgIpc) is 2.59. The molecule has 2 aromatic carbocycles. The molecule has 1 saturated heterocycles. The zero-order valence-electron chi connectivity index (χ0n) is 15.0. The van der Waals surface area contributed by atoms with Crippen molar-refractivity contribution in [3.05, 3.63) is 70.7 Å². The summed E-state index contributed by atoms with van der Waals surface area (Å²) in [7, 11) is 2.39. The summed E-state index contributed by atoms with van der Waals surface area (Å²) in [6.45, 7) is 9.32. The Bertz CT molecular complexity index is 643. The smallest absolute Gasteiger partial charge is 0.0916 e. The van der Waals surface area contributed by atoms with Crippen LogP contribution >= 0.6 is 11.6 Å². The van der Waals surface area contributed by atoms with Gasteiger partial charge in [0, 0.05) is 18.1 Å². The van der Waals surface area contributed by atoms with Crippen molar-refractivity contribution in [3.8, 4) is 0 Å². The summed E-state index contributed by atoms with van der Waals surface area (Å²) in [5, 5.41) is 0.799. The van der Waals surface area contributed by atoms with E-state index in [4.69, 9.17) is 11.6 Å².